The molecule has 0 aliphatic carbocycles. The summed E-state index contributed by atoms with van der Waals surface area (Å²) >= 11 is 6.58. The molecule has 13 heteroatoms. The van der Waals surface area contributed by atoms with Crippen molar-refractivity contribution in [3.63, 3.8) is 0 Å². The molecule has 210 valence electrons. The number of unbranched alkanes of at least 4 members (excludes halogenated alkanes) is 1. The molecule has 2 fully saturated rings. The number of thioether (sulfide) groups is 1. The van der Waals surface area contributed by atoms with E-state index in [-0.39, 0.29) is 29.8 Å². The van der Waals surface area contributed by atoms with Gasteiger partial charge in [0.15, 0.2) is 21.3 Å². The van der Waals surface area contributed by atoms with Crippen LogP contribution >= 0.6 is 24.0 Å². The van der Waals surface area contributed by atoms with Gasteiger partial charge < -0.3 is 14.8 Å². The van der Waals surface area contributed by atoms with Crippen molar-refractivity contribution >= 4 is 55.9 Å². The Bertz CT molecular complexity index is 1640. The Morgan fingerprint density at radius 1 is 1.27 bits per heavy atom. The molecule has 5 rings (SSSR count). The minimum atomic E-state index is -3.22. The number of nitriles is 1. The molecule has 40 heavy (non-hydrogen) atoms. The molecule has 0 spiro atoms. The van der Waals surface area contributed by atoms with E-state index in [1.54, 1.807) is 17.6 Å². The van der Waals surface area contributed by atoms with E-state index in [0.29, 0.717) is 63.6 Å². The van der Waals surface area contributed by atoms with Gasteiger partial charge in [0.1, 0.15) is 21.8 Å². The molecule has 1 unspecified atom stereocenters. The van der Waals surface area contributed by atoms with Crippen LogP contribution in [0.3, 0.4) is 0 Å². The highest BCUT2D eigenvalue weighted by Gasteiger charge is 2.42. The van der Waals surface area contributed by atoms with Gasteiger partial charge in [-0.3, -0.25) is 19.1 Å². The van der Waals surface area contributed by atoms with E-state index in [1.165, 1.54) is 4.90 Å². The van der Waals surface area contributed by atoms with Crippen LogP contribution in [0.15, 0.2) is 27.9 Å². The van der Waals surface area contributed by atoms with Crippen molar-refractivity contribution in [3.8, 4) is 17.6 Å². The van der Waals surface area contributed by atoms with Gasteiger partial charge in [0.05, 0.1) is 22.5 Å². The Morgan fingerprint density at radius 3 is 2.75 bits per heavy atom. The number of aromatic nitrogens is 1. The lowest BCUT2D eigenvalue weighted by atomic mass is 10.0. The van der Waals surface area contributed by atoms with Gasteiger partial charge in [-0.25, -0.2) is 8.42 Å². The number of ether oxygens (including phenoxy) is 2. The Hall–Kier alpha value is -3.34. The first kappa shape index (κ1) is 28.2. The number of amides is 1. The van der Waals surface area contributed by atoms with E-state index >= 15 is 0 Å². The van der Waals surface area contributed by atoms with Crippen molar-refractivity contribution in [2.24, 2.45) is 0 Å². The number of sulfone groups is 1. The number of hydrogen-bond acceptors (Lipinski definition) is 10. The van der Waals surface area contributed by atoms with Crippen molar-refractivity contribution in [2.45, 2.75) is 52.2 Å². The highest BCUT2D eigenvalue weighted by Crippen LogP contribution is 2.38. The van der Waals surface area contributed by atoms with Gasteiger partial charge in [0.25, 0.3) is 11.5 Å². The van der Waals surface area contributed by atoms with Gasteiger partial charge >= 0.3 is 0 Å². The summed E-state index contributed by atoms with van der Waals surface area (Å²) in [5.41, 5.74) is 1.48. The molecule has 2 aromatic rings. The van der Waals surface area contributed by atoms with Crippen LogP contribution in [0.5, 0.6) is 11.5 Å². The minimum absolute atomic E-state index is 0.00773. The molecule has 10 nitrogen and oxygen atoms in total. The number of nitrogens with one attached hydrogen (secondary N) is 1. The van der Waals surface area contributed by atoms with E-state index in [4.69, 9.17) is 21.7 Å². The van der Waals surface area contributed by atoms with Gasteiger partial charge in [0.2, 0.25) is 6.79 Å². The maximum absolute atomic E-state index is 13.5. The van der Waals surface area contributed by atoms with Crippen molar-refractivity contribution in [2.75, 3.05) is 23.6 Å². The third kappa shape index (κ3) is 5.35. The van der Waals surface area contributed by atoms with E-state index in [1.807, 2.05) is 31.2 Å². The molecule has 3 aliphatic rings. The number of rotatable bonds is 8. The normalized spacial score (nSPS) is 20.4. The number of nitrogens with zero attached hydrogens (tertiary/aromatic N) is 3. The Balaban J connectivity index is 1.56. The first-order chi connectivity index (χ1) is 19.1. The number of carbonyl (C=O) groups is 1. The van der Waals surface area contributed by atoms with Crippen LogP contribution in [0.1, 0.15) is 48.4 Å². The van der Waals surface area contributed by atoms with Crippen LogP contribution in [0.25, 0.3) is 6.08 Å². The van der Waals surface area contributed by atoms with Gasteiger partial charge in [-0.15, -0.1) is 0 Å². The molecule has 4 heterocycles. The Morgan fingerprint density at radius 2 is 2.05 bits per heavy atom. The van der Waals surface area contributed by atoms with E-state index in [9.17, 15) is 23.3 Å². The lowest BCUT2D eigenvalue weighted by Gasteiger charge is -2.21. The summed E-state index contributed by atoms with van der Waals surface area (Å²) in [4.78, 5) is 28.6. The molecule has 1 N–H and O–H groups in total. The highest BCUT2D eigenvalue weighted by molar-refractivity contribution is 8.26. The van der Waals surface area contributed by atoms with Crippen LogP contribution < -0.4 is 20.3 Å². The number of hydrogen-bond donors (Lipinski definition) is 1. The van der Waals surface area contributed by atoms with Crippen LogP contribution in [0.2, 0.25) is 0 Å². The van der Waals surface area contributed by atoms with Crippen LogP contribution in [0.4, 0.5) is 5.82 Å². The molecule has 0 bridgehead atoms. The molecule has 2 saturated heterocycles. The zero-order valence-electron chi connectivity index (χ0n) is 22.1. The fourth-order valence-electron chi connectivity index (χ4n) is 5.02. The molecule has 3 aliphatic heterocycles. The monoisotopic (exact) mass is 600 g/mol. The topological polar surface area (TPSA) is 131 Å². The third-order valence-electron chi connectivity index (χ3n) is 7.18. The first-order valence-electron chi connectivity index (χ1n) is 12.9. The number of fused-ring (bicyclic) bond motifs is 1. The lowest BCUT2D eigenvalue weighted by Crippen LogP contribution is -2.39. The second-order valence-corrected chi connectivity index (χ2v) is 13.7. The molecule has 0 saturated carbocycles. The third-order valence-corrected chi connectivity index (χ3v) is 10.3. The molecule has 1 amide bonds. The zero-order chi connectivity index (χ0) is 28.6. The van der Waals surface area contributed by atoms with E-state index < -0.39 is 21.4 Å². The molecule has 1 atom stereocenters. The van der Waals surface area contributed by atoms with E-state index in [0.717, 1.165) is 23.7 Å². The largest absolute Gasteiger partial charge is 0.454 e. The zero-order valence-corrected chi connectivity index (χ0v) is 24.5. The SMILES string of the molecule is CCCCn1c(NCc2ccc3c(c2)OCO3)c(/C=C2/SC(=S)N(C3CCS(=O)(=O)C3)C2=O)c(C)c(C#N)c1=O. The predicted molar refractivity (Wildman–Crippen MR) is 157 cm³/mol. The molecule has 1 aromatic carbocycles. The lowest BCUT2D eigenvalue weighted by molar-refractivity contribution is -0.123. The number of benzene rings is 1. The number of pyridine rings is 1. The van der Waals surface area contributed by atoms with Gasteiger partial charge in [-0.2, -0.15) is 5.26 Å². The second-order valence-electron chi connectivity index (χ2n) is 9.83. The molecule has 0 radical (unpaired) electrons. The first-order valence-corrected chi connectivity index (χ1v) is 16.0. The number of carbonyl (C=O) groups excluding carboxylic acids is 1. The van der Waals surface area contributed by atoms with Crippen molar-refractivity contribution < 1.29 is 22.7 Å². The number of thiocarbonyl (C=S) groups is 1. The van der Waals surface area contributed by atoms with Crippen molar-refractivity contribution in [3.05, 3.63) is 55.7 Å². The smallest absolute Gasteiger partial charge is 0.270 e. The summed E-state index contributed by atoms with van der Waals surface area (Å²) < 4.78 is 36.9. The summed E-state index contributed by atoms with van der Waals surface area (Å²) in [5, 5.41) is 13.2. The highest BCUT2D eigenvalue weighted by atomic mass is 32.2. The Kier molecular flexibility index (Phi) is 7.94. The van der Waals surface area contributed by atoms with E-state index in [2.05, 4.69) is 5.32 Å². The summed E-state index contributed by atoms with van der Waals surface area (Å²) in [6.07, 6.45) is 3.54. The second kappa shape index (κ2) is 11.3. The Labute approximate surface area is 241 Å². The molecular formula is C27H28N4O6S3. The molecule has 1 aromatic heterocycles. The van der Waals surface area contributed by atoms with Crippen LogP contribution in [0, 0.1) is 18.3 Å². The minimum Gasteiger partial charge on any atom is -0.454 e. The van der Waals surface area contributed by atoms with Gasteiger partial charge in [0, 0.05) is 18.7 Å². The fraction of sp³-hybridized carbons (Fsp3) is 0.407. The summed E-state index contributed by atoms with van der Waals surface area (Å²) in [7, 11) is -3.22. The van der Waals surface area contributed by atoms with Crippen LogP contribution in [-0.2, 0) is 27.7 Å². The van der Waals surface area contributed by atoms with Gasteiger partial charge in [-0.1, -0.05) is 43.4 Å². The molecular weight excluding hydrogens is 573 g/mol. The quantitative estimate of drug-likeness (QED) is 0.355. The standard InChI is InChI=1S/C27H28N4O6S3/c1-3-4-8-30-24(29-13-17-5-6-21-22(10-17)37-15-36-21)19(16(2)20(12-28)25(30)32)11-23-26(33)31(27(38)39-23)18-7-9-40(34,35)14-18/h5-6,10-11,18,29H,3-4,7-9,13-15H2,1-2H3/b23-11+. The van der Waals surface area contributed by atoms with Crippen molar-refractivity contribution in [1.29, 1.82) is 5.26 Å². The van der Waals surface area contributed by atoms with Gasteiger partial charge in [-0.05, 0) is 49.1 Å². The summed E-state index contributed by atoms with van der Waals surface area (Å²) in [6.45, 7) is 4.59. The predicted octanol–water partition coefficient (Wildman–Crippen LogP) is 3.56. The maximum Gasteiger partial charge on any atom is 0.270 e. The maximum atomic E-state index is 13.5. The summed E-state index contributed by atoms with van der Waals surface area (Å²) in [6, 6.07) is 7.12. The summed E-state index contributed by atoms with van der Waals surface area (Å²) in [5.74, 6) is 1.32. The fourth-order valence-corrected chi connectivity index (χ4v) is 8.11. The number of anilines is 1. The van der Waals surface area contributed by atoms with Crippen molar-refractivity contribution in [1.82, 2.24) is 9.47 Å². The average Bonchev–Trinajstić information content (AvgIpc) is 3.60. The van der Waals surface area contributed by atoms with Crippen LogP contribution in [-0.4, -0.2) is 52.5 Å². The average molecular weight is 601 g/mol.